The molecule has 0 fully saturated rings. The molecule has 3 atom stereocenters. The number of aliphatic hydroxyl groups excluding tert-OH is 1. The highest BCUT2D eigenvalue weighted by Gasteiger charge is 2.12. The number of carbonyl (C=O) groups excluding carboxylic acids is 3. The molecule has 0 aliphatic heterocycles. The Morgan fingerprint density at radius 3 is 1.79 bits per heavy atom. The molecule has 1 unspecified atom stereocenters. The predicted octanol–water partition coefficient (Wildman–Crippen LogP) is 4.46. The summed E-state index contributed by atoms with van der Waals surface area (Å²) in [4.78, 5) is 33.2. The third-order valence-corrected chi connectivity index (χ3v) is 4.66. The van der Waals surface area contributed by atoms with Crippen LogP contribution in [0.25, 0.3) is 0 Å². The SMILES string of the molecule is CCOC(=O)CC(=O)CC[C@@H](C)CC.CCOC(=O)CC(O)CC[C@@H](C)CC. The lowest BCUT2D eigenvalue weighted by Gasteiger charge is -2.12. The Morgan fingerprint density at radius 1 is 0.786 bits per heavy atom. The van der Waals surface area contributed by atoms with Crippen LogP contribution in [0.2, 0.25) is 0 Å². The van der Waals surface area contributed by atoms with Crippen molar-refractivity contribution in [2.24, 2.45) is 11.8 Å². The van der Waals surface area contributed by atoms with Crippen molar-refractivity contribution in [3.63, 3.8) is 0 Å². The largest absolute Gasteiger partial charge is 0.466 e. The zero-order valence-electron chi connectivity index (χ0n) is 18.8. The summed E-state index contributed by atoms with van der Waals surface area (Å²) in [6.07, 6.45) is 4.74. The zero-order chi connectivity index (χ0) is 21.9. The number of carbonyl (C=O) groups is 3. The molecule has 166 valence electrons. The second-order valence-corrected chi connectivity index (χ2v) is 7.33. The molecule has 0 saturated carbocycles. The van der Waals surface area contributed by atoms with Crippen LogP contribution in [0.15, 0.2) is 0 Å². The van der Waals surface area contributed by atoms with Gasteiger partial charge in [0.2, 0.25) is 0 Å². The summed E-state index contributed by atoms with van der Waals surface area (Å²) in [5, 5.41) is 9.49. The lowest BCUT2D eigenvalue weighted by molar-refractivity contribution is -0.146. The number of aliphatic hydroxyl groups is 1. The number of Topliss-reactive ketones (excluding diaryl/α,β-unsaturated/α-hetero) is 1. The quantitative estimate of drug-likeness (QED) is 0.341. The molecule has 0 radical (unpaired) electrons. The molecule has 0 heterocycles. The fourth-order valence-corrected chi connectivity index (χ4v) is 2.27. The molecule has 6 nitrogen and oxygen atoms in total. The van der Waals surface area contributed by atoms with Crippen LogP contribution in [-0.4, -0.2) is 42.1 Å². The molecule has 28 heavy (non-hydrogen) atoms. The first-order valence-electron chi connectivity index (χ1n) is 10.7. The molecule has 0 aliphatic rings. The van der Waals surface area contributed by atoms with E-state index in [1.165, 1.54) is 0 Å². The second kappa shape index (κ2) is 18.9. The normalized spacial score (nSPS) is 13.5. The second-order valence-electron chi connectivity index (χ2n) is 7.33. The van der Waals surface area contributed by atoms with Crippen LogP contribution in [0.3, 0.4) is 0 Å². The fourth-order valence-electron chi connectivity index (χ4n) is 2.27. The van der Waals surface area contributed by atoms with Gasteiger partial charge in [-0.25, -0.2) is 0 Å². The van der Waals surface area contributed by atoms with Gasteiger partial charge in [-0.2, -0.15) is 0 Å². The van der Waals surface area contributed by atoms with Crippen LogP contribution in [0.1, 0.15) is 92.9 Å². The smallest absolute Gasteiger partial charge is 0.313 e. The molecule has 0 rings (SSSR count). The van der Waals surface area contributed by atoms with Gasteiger partial charge in [-0.05, 0) is 44.9 Å². The van der Waals surface area contributed by atoms with Crippen LogP contribution >= 0.6 is 0 Å². The van der Waals surface area contributed by atoms with Gasteiger partial charge in [0.1, 0.15) is 12.2 Å². The number of ether oxygens (including phenoxy) is 2. The Bertz CT molecular complexity index is 421. The van der Waals surface area contributed by atoms with Gasteiger partial charge >= 0.3 is 11.9 Å². The van der Waals surface area contributed by atoms with Crippen molar-refractivity contribution in [3.05, 3.63) is 0 Å². The first-order valence-corrected chi connectivity index (χ1v) is 10.7. The molecule has 0 spiro atoms. The average molecular weight is 403 g/mol. The van der Waals surface area contributed by atoms with Crippen molar-refractivity contribution in [2.45, 2.75) is 99.0 Å². The molecule has 0 bridgehead atoms. The van der Waals surface area contributed by atoms with E-state index in [1.807, 2.05) is 0 Å². The van der Waals surface area contributed by atoms with Crippen LogP contribution in [-0.2, 0) is 23.9 Å². The van der Waals surface area contributed by atoms with E-state index in [0.29, 0.717) is 37.9 Å². The van der Waals surface area contributed by atoms with Crippen LogP contribution in [0.4, 0.5) is 0 Å². The van der Waals surface area contributed by atoms with Gasteiger partial charge in [-0.1, -0.05) is 40.5 Å². The van der Waals surface area contributed by atoms with Gasteiger partial charge in [0, 0.05) is 6.42 Å². The van der Waals surface area contributed by atoms with Gasteiger partial charge in [-0.15, -0.1) is 0 Å². The molecule has 0 saturated heterocycles. The van der Waals surface area contributed by atoms with Crippen LogP contribution in [0, 0.1) is 11.8 Å². The summed E-state index contributed by atoms with van der Waals surface area (Å²) < 4.78 is 9.43. The van der Waals surface area contributed by atoms with E-state index >= 15 is 0 Å². The van der Waals surface area contributed by atoms with Crippen LogP contribution in [0.5, 0.6) is 0 Å². The highest BCUT2D eigenvalue weighted by Crippen LogP contribution is 2.13. The van der Waals surface area contributed by atoms with Gasteiger partial charge < -0.3 is 14.6 Å². The summed E-state index contributed by atoms with van der Waals surface area (Å²) >= 11 is 0. The summed E-state index contributed by atoms with van der Waals surface area (Å²) in [5.41, 5.74) is 0. The first-order chi connectivity index (χ1) is 13.2. The molecule has 0 aromatic carbocycles. The molecular formula is C22H42O6. The number of rotatable bonds is 14. The Kier molecular flexibility index (Phi) is 19.4. The van der Waals surface area contributed by atoms with E-state index in [1.54, 1.807) is 13.8 Å². The van der Waals surface area contributed by atoms with Crippen molar-refractivity contribution in [1.29, 1.82) is 0 Å². The number of hydrogen-bond acceptors (Lipinski definition) is 6. The van der Waals surface area contributed by atoms with Gasteiger partial charge in [-0.3, -0.25) is 14.4 Å². The molecule has 0 aliphatic carbocycles. The maximum absolute atomic E-state index is 11.2. The minimum absolute atomic E-state index is 0.0104. The molecule has 0 aromatic rings. The van der Waals surface area contributed by atoms with E-state index in [-0.39, 0.29) is 24.6 Å². The monoisotopic (exact) mass is 402 g/mol. The van der Waals surface area contributed by atoms with Crippen molar-refractivity contribution in [2.75, 3.05) is 13.2 Å². The van der Waals surface area contributed by atoms with E-state index in [4.69, 9.17) is 4.74 Å². The van der Waals surface area contributed by atoms with E-state index in [0.717, 1.165) is 25.7 Å². The van der Waals surface area contributed by atoms with E-state index in [2.05, 4.69) is 32.4 Å². The molecule has 1 N–H and O–H groups in total. The molecule has 6 heteroatoms. The van der Waals surface area contributed by atoms with Crippen molar-refractivity contribution in [1.82, 2.24) is 0 Å². The van der Waals surface area contributed by atoms with E-state index < -0.39 is 12.1 Å². The van der Waals surface area contributed by atoms with Crippen molar-refractivity contribution in [3.8, 4) is 0 Å². The standard InChI is InChI=1S/C11H22O3.C11H20O3/c2*1-4-9(3)6-7-10(12)8-11(13)14-5-2/h9-10,12H,4-8H2,1-3H3;9H,4-8H2,1-3H3/t9-,10?;9-/m00/s1. The van der Waals surface area contributed by atoms with Gasteiger partial charge in [0.15, 0.2) is 0 Å². The predicted molar refractivity (Wildman–Crippen MR) is 111 cm³/mol. The molecule has 0 aromatic heterocycles. The van der Waals surface area contributed by atoms with E-state index in [9.17, 15) is 19.5 Å². The number of esters is 2. The molecule has 0 amide bonds. The summed E-state index contributed by atoms with van der Waals surface area (Å²) in [5.74, 6) is 0.461. The zero-order valence-corrected chi connectivity index (χ0v) is 18.8. The maximum Gasteiger partial charge on any atom is 0.313 e. The summed E-state index contributed by atoms with van der Waals surface area (Å²) in [7, 11) is 0. The third-order valence-electron chi connectivity index (χ3n) is 4.66. The number of hydrogen-bond donors (Lipinski definition) is 1. The summed E-state index contributed by atoms with van der Waals surface area (Å²) in [6.45, 7) is 12.7. The topological polar surface area (TPSA) is 89.9 Å². The fraction of sp³-hybridized carbons (Fsp3) is 0.864. The van der Waals surface area contributed by atoms with Gasteiger partial charge in [0.25, 0.3) is 0 Å². The Hall–Kier alpha value is -1.43. The lowest BCUT2D eigenvalue weighted by atomic mass is 9.99. The average Bonchev–Trinajstić information content (AvgIpc) is 2.64. The maximum atomic E-state index is 11.2. The van der Waals surface area contributed by atoms with Crippen molar-refractivity contribution >= 4 is 17.7 Å². The summed E-state index contributed by atoms with van der Waals surface area (Å²) in [6, 6.07) is 0. The first kappa shape index (κ1) is 28.8. The highest BCUT2D eigenvalue weighted by molar-refractivity contribution is 5.95. The van der Waals surface area contributed by atoms with Crippen LogP contribution < -0.4 is 0 Å². The highest BCUT2D eigenvalue weighted by atomic mass is 16.5. The Labute approximate surface area is 171 Å². The molecular weight excluding hydrogens is 360 g/mol. The lowest BCUT2D eigenvalue weighted by Crippen LogP contribution is -2.16. The Balaban J connectivity index is 0. The minimum atomic E-state index is -0.539. The number of ketones is 1. The minimum Gasteiger partial charge on any atom is -0.466 e. The third kappa shape index (κ3) is 19.3. The Morgan fingerprint density at radius 2 is 1.29 bits per heavy atom. The van der Waals surface area contributed by atoms with Crippen molar-refractivity contribution < 1.29 is 29.0 Å². The van der Waals surface area contributed by atoms with Gasteiger partial charge in [0.05, 0.1) is 25.7 Å².